The van der Waals surface area contributed by atoms with Gasteiger partial charge in [0.25, 0.3) is 0 Å². The van der Waals surface area contributed by atoms with Crippen molar-refractivity contribution >= 4 is 5.97 Å². The van der Waals surface area contributed by atoms with E-state index in [1.807, 2.05) is 0 Å². The van der Waals surface area contributed by atoms with Gasteiger partial charge in [0.15, 0.2) is 5.82 Å². The molecule has 0 aliphatic rings. The van der Waals surface area contributed by atoms with Gasteiger partial charge in [-0.15, -0.1) is 10.2 Å². The van der Waals surface area contributed by atoms with E-state index < -0.39 is 18.6 Å². The molecule has 1 aromatic carbocycles. The Morgan fingerprint density at radius 1 is 1.30 bits per heavy atom. The van der Waals surface area contributed by atoms with Crippen LogP contribution in [0.1, 0.15) is 28.9 Å². The Bertz CT molecular complexity index is 698. The molecule has 2 aromatic rings. The molecular weight excluding hydrogens is 313 g/mol. The van der Waals surface area contributed by atoms with E-state index in [1.165, 1.54) is 23.0 Å². The van der Waals surface area contributed by atoms with Gasteiger partial charge < -0.3 is 5.11 Å². The molecule has 0 aliphatic heterocycles. The number of carboxylic acids is 1. The highest BCUT2D eigenvalue weighted by Crippen LogP contribution is 2.23. The lowest BCUT2D eigenvalue weighted by Crippen LogP contribution is -2.13. The zero-order chi connectivity index (χ0) is 17.0. The van der Waals surface area contributed by atoms with Crippen molar-refractivity contribution in [2.45, 2.75) is 38.9 Å². The van der Waals surface area contributed by atoms with Gasteiger partial charge in [0, 0.05) is 6.42 Å². The van der Waals surface area contributed by atoms with Gasteiger partial charge in [0.05, 0.1) is 13.0 Å². The van der Waals surface area contributed by atoms with E-state index in [1.54, 1.807) is 6.92 Å². The van der Waals surface area contributed by atoms with Crippen LogP contribution in [0.4, 0.5) is 13.2 Å². The molecule has 6 nitrogen and oxygen atoms in total. The molecular formula is C14H15F3N4O2. The number of aryl methyl sites for hydroxylation is 2. The van der Waals surface area contributed by atoms with Crippen LogP contribution in [0.3, 0.4) is 0 Å². The summed E-state index contributed by atoms with van der Waals surface area (Å²) in [6.45, 7) is 1.79. The molecule has 0 fully saturated rings. The average molecular weight is 328 g/mol. The fourth-order valence-corrected chi connectivity index (χ4v) is 2.20. The first kappa shape index (κ1) is 16.9. The van der Waals surface area contributed by atoms with Crippen LogP contribution in [0.2, 0.25) is 0 Å². The van der Waals surface area contributed by atoms with Gasteiger partial charge >= 0.3 is 12.1 Å². The van der Waals surface area contributed by atoms with Crippen molar-refractivity contribution in [2.75, 3.05) is 0 Å². The zero-order valence-electron chi connectivity index (χ0n) is 12.3. The maximum absolute atomic E-state index is 12.5. The summed E-state index contributed by atoms with van der Waals surface area (Å²) < 4.78 is 37.6. The van der Waals surface area contributed by atoms with E-state index in [9.17, 15) is 18.0 Å². The van der Waals surface area contributed by atoms with E-state index in [0.717, 1.165) is 0 Å². The fourth-order valence-electron chi connectivity index (χ4n) is 2.20. The van der Waals surface area contributed by atoms with Gasteiger partial charge in [-0.1, -0.05) is 18.2 Å². The minimum Gasteiger partial charge on any atom is -0.481 e. The molecule has 1 heterocycles. The van der Waals surface area contributed by atoms with E-state index in [0.29, 0.717) is 17.0 Å². The number of carbonyl (C=O) groups is 1. The molecule has 1 aromatic heterocycles. The van der Waals surface area contributed by atoms with Crippen molar-refractivity contribution in [2.24, 2.45) is 0 Å². The molecule has 0 spiro atoms. The number of aliphatic carboxylic acids is 1. The number of carboxylic acid groups (broad SMARTS) is 1. The van der Waals surface area contributed by atoms with Crippen LogP contribution in [-0.4, -0.2) is 37.5 Å². The van der Waals surface area contributed by atoms with Gasteiger partial charge in [0.1, 0.15) is 0 Å². The van der Waals surface area contributed by atoms with Gasteiger partial charge in [-0.2, -0.15) is 18.0 Å². The number of hydrogen-bond acceptors (Lipinski definition) is 4. The molecule has 23 heavy (non-hydrogen) atoms. The molecule has 0 saturated carbocycles. The topological polar surface area (TPSA) is 80.9 Å². The summed E-state index contributed by atoms with van der Waals surface area (Å²) in [5.74, 6) is -0.520. The second-order valence-corrected chi connectivity index (χ2v) is 5.16. The van der Waals surface area contributed by atoms with Crippen molar-refractivity contribution in [3.8, 4) is 0 Å². The SMILES string of the molecule is Cc1nnn(Cc2cc(CC(F)(F)F)ccc2CCC(=O)O)n1. The highest BCUT2D eigenvalue weighted by Gasteiger charge is 2.27. The van der Waals surface area contributed by atoms with E-state index >= 15 is 0 Å². The fraction of sp³-hybridized carbons (Fsp3) is 0.429. The van der Waals surface area contributed by atoms with E-state index in [-0.39, 0.29) is 24.9 Å². The second-order valence-electron chi connectivity index (χ2n) is 5.16. The summed E-state index contributed by atoms with van der Waals surface area (Å²) in [4.78, 5) is 12.0. The van der Waals surface area contributed by atoms with Crippen molar-refractivity contribution in [1.82, 2.24) is 20.2 Å². The number of hydrogen-bond donors (Lipinski definition) is 1. The molecule has 1 N–H and O–H groups in total. The number of halogens is 3. The standard InChI is InChI=1S/C14H15F3N4O2/c1-9-18-20-21(19-9)8-12-6-10(7-14(15,16)17)2-3-11(12)4-5-13(22)23/h2-3,6H,4-5,7-8H2,1H3,(H,22,23). The maximum atomic E-state index is 12.5. The number of rotatable bonds is 6. The Morgan fingerprint density at radius 2 is 2.04 bits per heavy atom. The van der Waals surface area contributed by atoms with Crippen LogP contribution >= 0.6 is 0 Å². The third-order valence-corrected chi connectivity index (χ3v) is 3.15. The van der Waals surface area contributed by atoms with Crippen molar-refractivity contribution < 1.29 is 23.1 Å². The summed E-state index contributed by atoms with van der Waals surface area (Å²) >= 11 is 0. The lowest BCUT2D eigenvalue weighted by atomic mass is 9.98. The molecule has 124 valence electrons. The summed E-state index contributed by atoms with van der Waals surface area (Å²) in [6.07, 6.45) is -5.22. The van der Waals surface area contributed by atoms with Crippen molar-refractivity contribution in [3.05, 3.63) is 40.7 Å². The average Bonchev–Trinajstić information content (AvgIpc) is 2.81. The Hall–Kier alpha value is -2.45. The number of benzene rings is 1. The number of nitrogens with zero attached hydrogens (tertiary/aromatic N) is 4. The minimum atomic E-state index is -4.30. The molecule has 2 rings (SSSR count). The molecule has 9 heteroatoms. The molecule has 0 saturated heterocycles. The van der Waals surface area contributed by atoms with Gasteiger partial charge in [0.2, 0.25) is 0 Å². The number of alkyl halides is 3. The van der Waals surface area contributed by atoms with Crippen molar-refractivity contribution in [3.63, 3.8) is 0 Å². The highest BCUT2D eigenvalue weighted by molar-refractivity contribution is 5.67. The van der Waals surface area contributed by atoms with Gasteiger partial charge in [-0.05, 0) is 35.2 Å². The molecule has 0 radical (unpaired) electrons. The minimum absolute atomic E-state index is 0.102. The molecule has 0 aliphatic carbocycles. The Kier molecular flexibility index (Phi) is 4.97. The lowest BCUT2D eigenvalue weighted by Gasteiger charge is -2.12. The molecule has 0 atom stereocenters. The normalized spacial score (nSPS) is 11.7. The first-order valence-electron chi connectivity index (χ1n) is 6.86. The van der Waals surface area contributed by atoms with Gasteiger partial charge in [-0.3, -0.25) is 4.79 Å². The van der Waals surface area contributed by atoms with E-state index in [4.69, 9.17) is 5.11 Å². The first-order valence-corrected chi connectivity index (χ1v) is 6.86. The Labute approximate surface area is 129 Å². The maximum Gasteiger partial charge on any atom is 0.393 e. The summed E-state index contributed by atoms with van der Waals surface area (Å²) in [5, 5.41) is 20.3. The summed E-state index contributed by atoms with van der Waals surface area (Å²) in [7, 11) is 0. The third kappa shape index (κ3) is 5.35. The largest absolute Gasteiger partial charge is 0.481 e. The van der Waals surface area contributed by atoms with Crippen LogP contribution in [0.5, 0.6) is 0 Å². The lowest BCUT2D eigenvalue weighted by molar-refractivity contribution is -0.137. The predicted octanol–water partition coefficient (Wildman–Crippen LogP) is 2.15. The van der Waals surface area contributed by atoms with Crippen LogP contribution in [0, 0.1) is 6.92 Å². The smallest absolute Gasteiger partial charge is 0.393 e. The van der Waals surface area contributed by atoms with Crippen LogP contribution in [-0.2, 0) is 24.2 Å². The predicted molar refractivity (Wildman–Crippen MR) is 73.8 cm³/mol. The molecule has 0 unspecified atom stereocenters. The molecule has 0 amide bonds. The van der Waals surface area contributed by atoms with Crippen LogP contribution in [0.25, 0.3) is 0 Å². The summed E-state index contributed by atoms with van der Waals surface area (Å²) in [6, 6.07) is 4.32. The second kappa shape index (κ2) is 6.76. The van der Waals surface area contributed by atoms with Crippen LogP contribution in [0.15, 0.2) is 18.2 Å². The number of aromatic nitrogens is 4. The Morgan fingerprint density at radius 3 is 2.61 bits per heavy atom. The van der Waals surface area contributed by atoms with Crippen molar-refractivity contribution in [1.29, 1.82) is 0 Å². The number of tetrazole rings is 1. The quantitative estimate of drug-likeness (QED) is 0.879. The van der Waals surface area contributed by atoms with Gasteiger partial charge in [-0.25, -0.2) is 0 Å². The highest BCUT2D eigenvalue weighted by atomic mass is 19.4. The van der Waals surface area contributed by atoms with E-state index in [2.05, 4.69) is 15.4 Å². The first-order chi connectivity index (χ1) is 10.7. The molecule has 0 bridgehead atoms. The Balaban J connectivity index is 2.27. The zero-order valence-corrected chi connectivity index (χ0v) is 12.3. The third-order valence-electron chi connectivity index (χ3n) is 3.15. The monoisotopic (exact) mass is 328 g/mol. The summed E-state index contributed by atoms with van der Waals surface area (Å²) in [5.41, 5.74) is 1.34. The van der Waals surface area contributed by atoms with Crippen LogP contribution < -0.4 is 0 Å².